The number of nitrogens with one attached hydrogen (secondary N) is 2. The third-order valence-electron chi connectivity index (χ3n) is 2.88. The first-order valence-electron chi connectivity index (χ1n) is 6.89. The number of ether oxygens (including phenoxy) is 1. The van der Waals surface area contributed by atoms with E-state index in [2.05, 4.69) is 15.3 Å². The SMILES string of the molecule is CC(C)OC(=O)[C@@H](C)NC(=O)c1nc2ccccc2c(=O)[nH]1. The summed E-state index contributed by atoms with van der Waals surface area (Å²) in [6.45, 7) is 4.94. The Balaban J connectivity index is 2.20. The molecule has 0 unspecified atom stereocenters. The molecular weight excluding hydrogens is 286 g/mol. The molecule has 0 saturated heterocycles. The molecule has 0 saturated carbocycles. The summed E-state index contributed by atoms with van der Waals surface area (Å²) in [5.41, 5.74) is 0.00182. The second-order valence-corrected chi connectivity index (χ2v) is 5.11. The highest BCUT2D eigenvalue weighted by atomic mass is 16.5. The van der Waals surface area contributed by atoms with Gasteiger partial charge in [-0.3, -0.25) is 9.59 Å². The molecule has 116 valence electrons. The molecule has 1 aromatic heterocycles. The second-order valence-electron chi connectivity index (χ2n) is 5.11. The third-order valence-corrected chi connectivity index (χ3v) is 2.88. The molecule has 0 aliphatic heterocycles. The maximum absolute atomic E-state index is 12.1. The number of aromatic amines is 1. The van der Waals surface area contributed by atoms with E-state index >= 15 is 0 Å². The number of carbonyl (C=O) groups excluding carboxylic acids is 2. The van der Waals surface area contributed by atoms with Crippen LogP contribution in [-0.2, 0) is 9.53 Å². The monoisotopic (exact) mass is 303 g/mol. The summed E-state index contributed by atoms with van der Waals surface area (Å²) in [4.78, 5) is 42.2. The molecule has 1 atom stereocenters. The molecule has 7 nitrogen and oxygen atoms in total. The van der Waals surface area contributed by atoms with Crippen molar-refractivity contribution in [1.82, 2.24) is 15.3 Å². The summed E-state index contributed by atoms with van der Waals surface area (Å²) >= 11 is 0. The Morgan fingerprint density at radius 3 is 2.59 bits per heavy atom. The lowest BCUT2D eigenvalue weighted by atomic mass is 10.2. The maximum atomic E-state index is 12.1. The summed E-state index contributed by atoms with van der Waals surface area (Å²) in [7, 11) is 0. The van der Waals surface area contributed by atoms with Crippen molar-refractivity contribution in [3.8, 4) is 0 Å². The lowest BCUT2D eigenvalue weighted by molar-refractivity contribution is -0.149. The van der Waals surface area contributed by atoms with Gasteiger partial charge in [0.2, 0.25) is 0 Å². The Morgan fingerprint density at radius 1 is 1.23 bits per heavy atom. The molecule has 2 rings (SSSR count). The van der Waals surface area contributed by atoms with E-state index < -0.39 is 23.5 Å². The van der Waals surface area contributed by atoms with Crippen molar-refractivity contribution < 1.29 is 14.3 Å². The van der Waals surface area contributed by atoms with Crippen LogP contribution in [-0.4, -0.2) is 34.0 Å². The number of carbonyl (C=O) groups is 2. The van der Waals surface area contributed by atoms with Crippen LogP contribution in [0, 0.1) is 0 Å². The molecule has 0 aliphatic carbocycles. The molecule has 0 spiro atoms. The predicted molar refractivity (Wildman–Crippen MR) is 80.5 cm³/mol. The summed E-state index contributed by atoms with van der Waals surface area (Å²) in [5.74, 6) is -1.34. The Hall–Kier alpha value is -2.70. The lowest BCUT2D eigenvalue weighted by Gasteiger charge is -2.15. The zero-order chi connectivity index (χ0) is 16.3. The van der Waals surface area contributed by atoms with Gasteiger partial charge in [-0.15, -0.1) is 0 Å². The van der Waals surface area contributed by atoms with Crippen molar-refractivity contribution in [3.63, 3.8) is 0 Å². The average Bonchev–Trinajstić information content (AvgIpc) is 2.46. The maximum Gasteiger partial charge on any atom is 0.328 e. The van der Waals surface area contributed by atoms with Gasteiger partial charge in [0.15, 0.2) is 5.82 Å². The Morgan fingerprint density at radius 2 is 1.91 bits per heavy atom. The average molecular weight is 303 g/mol. The molecule has 0 aliphatic rings. The van der Waals surface area contributed by atoms with Gasteiger partial charge in [0, 0.05) is 0 Å². The number of hydrogen-bond donors (Lipinski definition) is 2. The van der Waals surface area contributed by atoms with Crippen molar-refractivity contribution >= 4 is 22.8 Å². The van der Waals surface area contributed by atoms with Crippen molar-refractivity contribution in [3.05, 3.63) is 40.4 Å². The first kappa shape index (κ1) is 15.7. The zero-order valence-electron chi connectivity index (χ0n) is 12.5. The number of aromatic nitrogens is 2. The van der Waals surface area contributed by atoms with E-state index in [4.69, 9.17) is 4.74 Å². The molecule has 0 bridgehead atoms. The van der Waals surface area contributed by atoms with Crippen LogP contribution < -0.4 is 10.9 Å². The van der Waals surface area contributed by atoms with Crippen molar-refractivity contribution in [2.75, 3.05) is 0 Å². The second kappa shape index (κ2) is 6.38. The Kier molecular flexibility index (Phi) is 4.55. The van der Waals surface area contributed by atoms with Gasteiger partial charge in [-0.25, -0.2) is 9.78 Å². The molecule has 0 fully saturated rings. The van der Waals surface area contributed by atoms with Gasteiger partial charge in [-0.1, -0.05) is 12.1 Å². The van der Waals surface area contributed by atoms with Gasteiger partial charge in [0.1, 0.15) is 6.04 Å². The highest BCUT2D eigenvalue weighted by Crippen LogP contribution is 2.05. The zero-order valence-corrected chi connectivity index (χ0v) is 12.5. The Labute approximate surface area is 126 Å². The molecule has 0 radical (unpaired) electrons. The molecular formula is C15H17N3O4. The number of rotatable bonds is 4. The fourth-order valence-electron chi connectivity index (χ4n) is 1.85. The highest BCUT2D eigenvalue weighted by Gasteiger charge is 2.20. The van der Waals surface area contributed by atoms with E-state index in [-0.39, 0.29) is 11.9 Å². The van der Waals surface area contributed by atoms with Crippen molar-refractivity contribution in [2.45, 2.75) is 32.9 Å². The number of fused-ring (bicyclic) bond motifs is 1. The number of amides is 1. The largest absolute Gasteiger partial charge is 0.461 e. The van der Waals surface area contributed by atoms with E-state index in [1.807, 2.05) is 0 Å². The molecule has 2 aromatic rings. The van der Waals surface area contributed by atoms with E-state index in [1.165, 1.54) is 6.92 Å². The number of para-hydroxylation sites is 1. The normalized spacial score (nSPS) is 12.2. The first-order valence-corrected chi connectivity index (χ1v) is 6.89. The van der Waals surface area contributed by atoms with Crippen LogP contribution in [0.1, 0.15) is 31.4 Å². The third kappa shape index (κ3) is 3.49. The number of H-pyrrole nitrogens is 1. The number of benzene rings is 1. The highest BCUT2D eigenvalue weighted by molar-refractivity contribution is 5.95. The number of hydrogen-bond acceptors (Lipinski definition) is 5. The fraction of sp³-hybridized carbons (Fsp3) is 0.333. The quantitative estimate of drug-likeness (QED) is 0.820. The van der Waals surface area contributed by atoms with Crippen molar-refractivity contribution in [1.29, 1.82) is 0 Å². The van der Waals surface area contributed by atoms with E-state index in [9.17, 15) is 14.4 Å². The van der Waals surface area contributed by atoms with Gasteiger partial charge in [-0.05, 0) is 32.9 Å². The molecule has 22 heavy (non-hydrogen) atoms. The van der Waals surface area contributed by atoms with Crippen molar-refractivity contribution in [2.24, 2.45) is 0 Å². The van der Waals surface area contributed by atoms with Crippen LogP contribution in [0.4, 0.5) is 0 Å². The van der Waals surface area contributed by atoms with Crippen LogP contribution in [0.3, 0.4) is 0 Å². The summed E-state index contributed by atoms with van der Waals surface area (Å²) in [6, 6.07) is 5.84. The summed E-state index contributed by atoms with van der Waals surface area (Å²) in [5, 5.41) is 2.84. The van der Waals surface area contributed by atoms with Gasteiger partial charge >= 0.3 is 5.97 Å². The van der Waals surface area contributed by atoms with Gasteiger partial charge in [0.05, 0.1) is 17.0 Å². The van der Waals surface area contributed by atoms with Crippen LogP contribution in [0.5, 0.6) is 0 Å². The number of esters is 1. The first-order chi connectivity index (χ1) is 10.4. The van der Waals surface area contributed by atoms with E-state index in [0.29, 0.717) is 10.9 Å². The lowest BCUT2D eigenvalue weighted by Crippen LogP contribution is -2.41. The molecule has 1 heterocycles. The predicted octanol–water partition coefficient (Wildman–Crippen LogP) is 0.993. The molecule has 1 aromatic carbocycles. The minimum absolute atomic E-state index is 0.145. The molecule has 2 N–H and O–H groups in total. The molecule has 7 heteroatoms. The topological polar surface area (TPSA) is 101 Å². The van der Waals surface area contributed by atoms with E-state index in [0.717, 1.165) is 0 Å². The van der Waals surface area contributed by atoms with Crippen LogP contribution in [0.2, 0.25) is 0 Å². The minimum Gasteiger partial charge on any atom is -0.461 e. The standard InChI is InChI=1S/C15H17N3O4/c1-8(2)22-15(21)9(3)16-14(20)12-17-11-7-5-4-6-10(11)13(19)18-12/h4-9H,1-3H3,(H,16,20)(H,17,18,19)/t9-/m1/s1. The molecule has 1 amide bonds. The van der Waals surface area contributed by atoms with Crippen LogP contribution in [0.15, 0.2) is 29.1 Å². The van der Waals surface area contributed by atoms with Gasteiger partial charge < -0.3 is 15.0 Å². The summed E-state index contributed by atoms with van der Waals surface area (Å²) < 4.78 is 5.00. The number of nitrogens with zero attached hydrogens (tertiary/aromatic N) is 1. The fourth-order valence-corrected chi connectivity index (χ4v) is 1.85. The van der Waals surface area contributed by atoms with Crippen LogP contribution in [0.25, 0.3) is 10.9 Å². The Bertz CT molecular complexity index is 767. The van der Waals surface area contributed by atoms with Gasteiger partial charge in [-0.2, -0.15) is 0 Å². The smallest absolute Gasteiger partial charge is 0.328 e. The van der Waals surface area contributed by atoms with E-state index in [1.54, 1.807) is 38.1 Å². The van der Waals surface area contributed by atoms with Crippen LogP contribution >= 0.6 is 0 Å². The summed E-state index contributed by atoms with van der Waals surface area (Å²) in [6.07, 6.45) is -0.273. The minimum atomic E-state index is -0.841. The van der Waals surface area contributed by atoms with Gasteiger partial charge in [0.25, 0.3) is 11.5 Å².